The quantitative estimate of drug-likeness (QED) is 0.719. The van der Waals surface area contributed by atoms with Gasteiger partial charge >= 0.3 is 0 Å². The Morgan fingerprint density at radius 3 is 2.38 bits per heavy atom. The maximum absolute atomic E-state index is 12.2. The van der Waals surface area contributed by atoms with Crippen molar-refractivity contribution in [3.05, 3.63) is 65.9 Å². The average Bonchev–Trinajstić information content (AvgIpc) is 2.95. The Bertz CT molecular complexity index is 816. The van der Waals surface area contributed by atoms with Gasteiger partial charge < -0.3 is 10.3 Å². The number of amides is 1. The van der Waals surface area contributed by atoms with E-state index in [1.54, 1.807) is 30.3 Å². The lowest BCUT2D eigenvalue weighted by molar-refractivity contribution is 0.101. The van der Waals surface area contributed by atoms with Crippen molar-refractivity contribution < 1.29 is 9.59 Å². The van der Waals surface area contributed by atoms with Gasteiger partial charge in [0, 0.05) is 33.9 Å². The maximum atomic E-state index is 12.2. The number of ketones is 1. The molecule has 3 aromatic rings. The van der Waals surface area contributed by atoms with E-state index in [1.165, 1.54) is 6.92 Å². The number of carbonyl (C=O) groups is 2. The summed E-state index contributed by atoms with van der Waals surface area (Å²) in [7, 11) is 0. The van der Waals surface area contributed by atoms with Crippen molar-refractivity contribution in [1.82, 2.24) is 4.98 Å². The zero-order chi connectivity index (χ0) is 14.8. The van der Waals surface area contributed by atoms with E-state index in [-0.39, 0.29) is 11.7 Å². The number of aromatic amines is 1. The number of H-pyrrole nitrogens is 1. The van der Waals surface area contributed by atoms with Gasteiger partial charge in [-0.15, -0.1) is 0 Å². The fourth-order valence-corrected chi connectivity index (χ4v) is 2.19. The first-order valence-corrected chi connectivity index (χ1v) is 6.63. The van der Waals surface area contributed by atoms with Crippen LogP contribution in [-0.2, 0) is 0 Å². The highest BCUT2D eigenvalue weighted by molar-refractivity contribution is 6.06. The smallest absolute Gasteiger partial charge is 0.255 e. The normalized spacial score (nSPS) is 10.5. The Morgan fingerprint density at radius 1 is 0.952 bits per heavy atom. The summed E-state index contributed by atoms with van der Waals surface area (Å²) in [4.78, 5) is 26.5. The highest BCUT2D eigenvalue weighted by Crippen LogP contribution is 2.16. The van der Waals surface area contributed by atoms with Crippen LogP contribution in [0.5, 0.6) is 0 Å². The van der Waals surface area contributed by atoms with Crippen LogP contribution >= 0.6 is 0 Å². The van der Waals surface area contributed by atoms with Crippen molar-refractivity contribution in [2.75, 3.05) is 5.32 Å². The molecule has 0 saturated heterocycles. The van der Waals surface area contributed by atoms with Crippen LogP contribution in [0.4, 0.5) is 5.69 Å². The minimum Gasteiger partial charge on any atom is -0.361 e. The van der Waals surface area contributed by atoms with Crippen LogP contribution in [0.3, 0.4) is 0 Å². The summed E-state index contributed by atoms with van der Waals surface area (Å²) >= 11 is 0. The van der Waals surface area contributed by atoms with E-state index in [0.29, 0.717) is 16.8 Å². The molecule has 0 aliphatic rings. The molecule has 104 valence electrons. The molecule has 0 unspecified atom stereocenters. The molecule has 0 aliphatic carbocycles. The molecule has 2 N–H and O–H groups in total. The van der Waals surface area contributed by atoms with Crippen LogP contribution < -0.4 is 5.32 Å². The molecular weight excluding hydrogens is 264 g/mol. The fraction of sp³-hybridized carbons (Fsp3) is 0.0588. The molecule has 21 heavy (non-hydrogen) atoms. The predicted molar refractivity (Wildman–Crippen MR) is 82.7 cm³/mol. The lowest BCUT2D eigenvalue weighted by Crippen LogP contribution is -2.11. The molecule has 0 fully saturated rings. The first-order chi connectivity index (χ1) is 10.1. The summed E-state index contributed by atoms with van der Waals surface area (Å²) < 4.78 is 0. The van der Waals surface area contributed by atoms with Gasteiger partial charge in [0.15, 0.2) is 5.78 Å². The van der Waals surface area contributed by atoms with E-state index in [1.807, 2.05) is 24.4 Å². The minimum atomic E-state index is -0.173. The summed E-state index contributed by atoms with van der Waals surface area (Å²) in [5.74, 6) is -0.167. The minimum absolute atomic E-state index is 0.00536. The van der Waals surface area contributed by atoms with Crippen LogP contribution in [0.1, 0.15) is 27.6 Å². The Hall–Kier alpha value is -2.88. The van der Waals surface area contributed by atoms with E-state index < -0.39 is 0 Å². The number of rotatable bonds is 3. The molecule has 2 aromatic carbocycles. The number of carbonyl (C=O) groups excluding carboxylic acids is 2. The summed E-state index contributed by atoms with van der Waals surface area (Å²) in [5, 5.41) is 3.82. The van der Waals surface area contributed by atoms with Crippen molar-refractivity contribution >= 4 is 28.3 Å². The number of nitrogens with one attached hydrogen (secondary N) is 2. The predicted octanol–water partition coefficient (Wildman–Crippen LogP) is 3.62. The number of benzene rings is 2. The largest absolute Gasteiger partial charge is 0.361 e. The molecule has 0 spiro atoms. The second-order valence-corrected chi connectivity index (χ2v) is 4.87. The van der Waals surface area contributed by atoms with Crippen LogP contribution in [0.15, 0.2) is 54.7 Å². The van der Waals surface area contributed by atoms with Gasteiger partial charge in [0.2, 0.25) is 0 Å². The van der Waals surface area contributed by atoms with E-state index >= 15 is 0 Å². The fourth-order valence-electron chi connectivity index (χ4n) is 2.19. The standard InChI is InChI=1S/C17H14N2O2/c1-11(20)12-2-5-15(6-3-12)19-17(21)14-4-7-16-13(10-14)8-9-18-16/h2-10,18H,1H3,(H,19,21). The summed E-state index contributed by atoms with van der Waals surface area (Å²) in [6, 6.07) is 14.3. The summed E-state index contributed by atoms with van der Waals surface area (Å²) in [6.45, 7) is 1.51. The average molecular weight is 278 g/mol. The summed E-state index contributed by atoms with van der Waals surface area (Å²) in [5.41, 5.74) is 2.89. The van der Waals surface area contributed by atoms with Gasteiger partial charge in [-0.05, 0) is 55.5 Å². The molecule has 0 bridgehead atoms. The first-order valence-electron chi connectivity index (χ1n) is 6.63. The second-order valence-electron chi connectivity index (χ2n) is 4.87. The molecule has 0 aliphatic heterocycles. The van der Waals surface area contributed by atoms with Crippen molar-refractivity contribution in [3.8, 4) is 0 Å². The van der Waals surface area contributed by atoms with Crippen LogP contribution in [0, 0.1) is 0 Å². The highest BCUT2D eigenvalue weighted by Gasteiger charge is 2.07. The molecule has 1 heterocycles. The van der Waals surface area contributed by atoms with E-state index in [4.69, 9.17) is 0 Å². The van der Waals surface area contributed by atoms with E-state index in [0.717, 1.165) is 10.9 Å². The zero-order valence-electron chi connectivity index (χ0n) is 11.5. The topological polar surface area (TPSA) is 62.0 Å². The highest BCUT2D eigenvalue weighted by atomic mass is 16.1. The second kappa shape index (κ2) is 5.25. The van der Waals surface area contributed by atoms with Crippen LogP contribution in [-0.4, -0.2) is 16.7 Å². The van der Waals surface area contributed by atoms with Crippen molar-refractivity contribution in [2.45, 2.75) is 6.92 Å². The third-order valence-electron chi connectivity index (χ3n) is 3.36. The molecule has 4 heteroatoms. The van der Waals surface area contributed by atoms with Crippen LogP contribution in [0.25, 0.3) is 10.9 Å². The molecule has 1 amide bonds. The van der Waals surface area contributed by atoms with Crippen molar-refractivity contribution in [3.63, 3.8) is 0 Å². The van der Waals surface area contributed by atoms with Crippen LogP contribution in [0.2, 0.25) is 0 Å². The molecule has 4 nitrogen and oxygen atoms in total. The zero-order valence-corrected chi connectivity index (χ0v) is 11.5. The SMILES string of the molecule is CC(=O)c1ccc(NC(=O)c2ccc3[nH]ccc3c2)cc1. The third-order valence-corrected chi connectivity index (χ3v) is 3.36. The monoisotopic (exact) mass is 278 g/mol. The Morgan fingerprint density at radius 2 is 1.67 bits per heavy atom. The van der Waals surface area contributed by atoms with E-state index in [9.17, 15) is 9.59 Å². The van der Waals surface area contributed by atoms with Gasteiger partial charge in [0.25, 0.3) is 5.91 Å². The van der Waals surface area contributed by atoms with Gasteiger partial charge in [-0.3, -0.25) is 9.59 Å². The number of anilines is 1. The van der Waals surface area contributed by atoms with Gasteiger partial charge in [0.1, 0.15) is 0 Å². The Balaban J connectivity index is 1.80. The van der Waals surface area contributed by atoms with Gasteiger partial charge in [-0.1, -0.05) is 0 Å². The van der Waals surface area contributed by atoms with E-state index in [2.05, 4.69) is 10.3 Å². The number of hydrogen-bond donors (Lipinski definition) is 2. The van der Waals surface area contributed by atoms with Crippen molar-refractivity contribution in [1.29, 1.82) is 0 Å². The third kappa shape index (κ3) is 2.69. The molecule has 0 atom stereocenters. The Labute approximate surface area is 121 Å². The first kappa shape index (κ1) is 13.1. The number of Topliss-reactive ketones (excluding diaryl/α,β-unsaturated/α-hetero) is 1. The molecule has 0 saturated carbocycles. The molecular formula is C17H14N2O2. The molecule has 3 rings (SSSR count). The molecule has 0 radical (unpaired) electrons. The number of fused-ring (bicyclic) bond motifs is 1. The van der Waals surface area contributed by atoms with Gasteiger partial charge in [-0.2, -0.15) is 0 Å². The number of hydrogen-bond acceptors (Lipinski definition) is 2. The number of aromatic nitrogens is 1. The lowest BCUT2D eigenvalue weighted by Gasteiger charge is -2.06. The van der Waals surface area contributed by atoms with Crippen molar-refractivity contribution in [2.24, 2.45) is 0 Å². The lowest BCUT2D eigenvalue weighted by atomic mass is 10.1. The summed E-state index contributed by atoms with van der Waals surface area (Å²) in [6.07, 6.45) is 1.84. The van der Waals surface area contributed by atoms with Gasteiger partial charge in [-0.25, -0.2) is 0 Å². The van der Waals surface area contributed by atoms with Gasteiger partial charge in [0.05, 0.1) is 0 Å². The molecule has 1 aromatic heterocycles. The maximum Gasteiger partial charge on any atom is 0.255 e. The Kier molecular flexibility index (Phi) is 3.28.